The molecule has 0 amide bonds. The molecule has 0 aliphatic rings. The number of imidazole rings is 1. The minimum atomic E-state index is -0.997. The molecule has 0 bridgehead atoms. The Hall–Kier alpha value is -3.93. The summed E-state index contributed by atoms with van der Waals surface area (Å²) in [5, 5.41) is 17.7. The lowest BCUT2D eigenvalue weighted by atomic mass is 9.96. The van der Waals surface area contributed by atoms with E-state index in [0.29, 0.717) is 35.9 Å². The molecule has 0 unspecified atom stereocenters. The average molecular weight is 413 g/mol. The predicted molar refractivity (Wildman–Crippen MR) is 121 cm³/mol. The molecule has 0 saturated heterocycles. The molecular formula is C25H23N3O3. The minimum absolute atomic E-state index is 0.197. The van der Waals surface area contributed by atoms with Crippen LogP contribution >= 0.6 is 0 Å². The summed E-state index contributed by atoms with van der Waals surface area (Å²) in [6.07, 6.45) is 0. The number of carboxylic acid groups (broad SMARTS) is 1. The number of nitrogens with zero attached hydrogens (tertiary/aromatic N) is 2. The van der Waals surface area contributed by atoms with Gasteiger partial charge in [-0.3, -0.25) is 4.57 Å². The quantitative estimate of drug-likeness (QED) is 0.406. The van der Waals surface area contributed by atoms with Crippen LogP contribution in [0, 0.1) is 5.41 Å². The maximum Gasteiger partial charge on any atom is 0.337 e. The van der Waals surface area contributed by atoms with Crippen LogP contribution in [0.3, 0.4) is 0 Å². The summed E-state index contributed by atoms with van der Waals surface area (Å²) in [5.74, 6) is -0.997. The first kappa shape index (κ1) is 20.3. The lowest BCUT2D eigenvalue weighted by molar-refractivity contribution is 0.0698. The largest absolute Gasteiger partial charge is 0.478 e. The van der Waals surface area contributed by atoms with Crippen molar-refractivity contribution in [2.75, 3.05) is 6.61 Å². The van der Waals surface area contributed by atoms with Crippen LogP contribution in [0.4, 0.5) is 0 Å². The maximum absolute atomic E-state index is 11.8. The number of aromatic nitrogens is 2. The van der Waals surface area contributed by atoms with Gasteiger partial charge in [-0.2, -0.15) is 4.98 Å². The van der Waals surface area contributed by atoms with Crippen molar-refractivity contribution in [3.8, 4) is 17.1 Å². The number of hydrogen-bond acceptors (Lipinski definition) is 4. The number of aromatic carboxylic acids is 1. The van der Waals surface area contributed by atoms with E-state index in [2.05, 4.69) is 4.98 Å². The van der Waals surface area contributed by atoms with Gasteiger partial charge in [0.2, 0.25) is 0 Å². The van der Waals surface area contributed by atoms with Gasteiger partial charge in [-0.1, -0.05) is 54.6 Å². The van der Waals surface area contributed by atoms with Gasteiger partial charge in [-0.05, 0) is 42.7 Å². The fraction of sp³-hybridized carbons (Fsp3) is 0.160. The Morgan fingerprint density at radius 1 is 1.03 bits per heavy atom. The van der Waals surface area contributed by atoms with Gasteiger partial charge in [0.05, 0.1) is 29.7 Å². The molecule has 156 valence electrons. The highest BCUT2D eigenvalue weighted by Crippen LogP contribution is 2.28. The lowest BCUT2D eigenvalue weighted by Gasteiger charge is -2.12. The van der Waals surface area contributed by atoms with Crippen LogP contribution in [0.1, 0.15) is 35.3 Å². The fourth-order valence-corrected chi connectivity index (χ4v) is 3.76. The van der Waals surface area contributed by atoms with Crippen LogP contribution in [0.5, 0.6) is 6.01 Å². The van der Waals surface area contributed by atoms with Gasteiger partial charge in [-0.15, -0.1) is 0 Å². The number of nitrogens with one attached hydrogen (secondary N) is 1. The van der Waals surface area contributed by atoms with Crippen molar-refractivity contribution in [3.05, 3.63) is 83.4 Å². The van der Waals surface area contributed by atoms with E-state index in [4.69, 9.17) is 10.1 Å². The summed E-state index contributed by atoms with van der Waals surface area (Å²) < 4.78 is 7.51. The molecule has 4 aromatic rings. The number of carbonyl (C=O) groups is 1. The normalized spacial score (nSPS) is 10.9. The van der Waals surface area contributed by atoms with Crippen LogP contribution in [0.2, 0.25) is 0 Å². The second kappa shape index (κ2) is 8.44. The summed E-state index contributed by atoms with van der Waals surface area (Å²) in [6, 6.07) is 21.4. The lowest BCUT2D eigenvalue weighted by Crippen LogP contribution is -2.08. The Morgan fingerprint density at radius 2 is 1.74 bits per heavy atom. The van der Waals surface area contributed by atoms with E-state index in [9.17, 15) is 9.90 Å². The zero-order valence-corrected chi connectivity index (χ0v) is 17.4. The van der Waals surface area contributed by atoms with Crippen LogP contribution in [-0.2, 0) is 6.54 Å². The molecule has 0 atom stereocenters. The Bertz CT molecular complexity index is 1270. The third-order valence-electron chi connectivity index (χ3n) is 5.17. The van der Waals surface area contributed by atoms with Gasteiger partial charge in [0.25, 0.3) is 6.01 Å². The van der Waals surface area contributed by atoms with Crippen LogP contribution in [-0.4, -0.2) is 32.9 Å². The highest BCUT2D eigenvalue weighted by atomic mass is 16.5. The van der Waals surface area contributed by atoms with Crippen molar-refractivity contribution in [2.24, 2.45) is 0 Å². The Labute approximate surface area is 180 Å². The van der Waals surface area contributed by atoms with E-state index < -0.39 is 5.97 Å². The molecule has 0 fully saturated rings. The average Bonchev–Trinajstić information content (AvgIpc) is 3.11. The summed E-state index contributed by atoms with van der Waals surface area (Å²) in [7, 11) is 0. The molecule has 0 aliphatic heterocycles. The van der Waals surface area contributed by atoms with Gasteiger partial charge in [-0.25, -0.2) is 4.79 Å². The third kappa shape index (κ3) is 3.92. The topological polar surface area (TPSA) is 88.2 Å². The van der Waals surface area contributed by atoms with Crippen molar-refractivity contribution in [1.29, 1.82) is 5.41 Å². The van der Waals surface area contributed by atoms with E-state index in [1.807, 2.05) is 60.0 Å². The maximum atomic E-state index is 11.8. The predicted octanol–water partition coefficient (Wildman–Crippen LogP) is 5.24. The number of fused-ring (bicyclic) bond motifs is 1. The van der Waals surface area contributed by atoms with Crippen molar-refractivity contribution in [3.63, 3.8) is 0 Å². The van der Waals surface area contributed by atoms with E-state index in [-0.39, 0.29) is 5.56 Å². The Balaban J connectivity index is 1.74. The monoisotopic (exact) mass is 413 g/mol. The molecule has 0 spiro atoms. The Kier molecular flexibility index (Phi) is 5.54. The number of rotatable bonds is 7. The minimum Gasteiger partial charge on any atom is -0.478 e. The van der Waals surface area contributed by atoms with Crippen LogP contribution in [0.25, 0.3) is 22.2 Å². The van der Waals surface area contributed by atoms with Gasteiger partial charge < -0.3 is 15.3 Å². The second-order valence-corrected chi connectivity index (χ2v) is 7.26. The molecule has 1 heterocycles. The second-order valence-electron chi connectivity index (χ2n) is 7.26. The van der Waals surface area contributed by atoms with Crippen LogP contribution < -0.4 is 4.74 Å². The molecular weight excluding hydrogens is 390 g/mol. The van der Waals surface area contributed by atoms with Gasteiger partial charge in [0.1, 0.15) is 0 Å². The molecule has 6 heteroatoms. The highest BCUT2D eigenvalue weighted by Gasteiger charge is 2.19. The first-order valence-electron chi connectivity index (χ1n) is 10.1. The Morgan fingerprint density at radius 3 is 2.42 bits per heavy atom. The third-order valence-corrected chi connectivity index (χ3v) is 5.17. The molecule has 0 radical (unpaired) electrons. The van der Waals surface area contributed by atoms with Crippen molar-refractivity contribution in [1.82, 2.24) is 9.55 Å². The van der Waals surface area contributed by atoms with Crippen molar-refractivity contribution < 1.29 is 14.6 Å². The molecule has 3 aromatic carbocycles. The number of hydrogen-bond donors (Lipinski definition) is 2. The van der Waals surface area contributed by atoms with Crippen LogP contribution in [0.15, 0.2) is 66.7 Å². The fourth-order valence-electron chi connectivity index (χ4n) is 3.76. The zero-order valence-electron chi connectivity index (χ0n) is 17.4. The number of carboxylic acids is 1. The number of benzene rings is 3. The summed E-state index contributed by atoms with van der Waals surface area (Å²) >= 11 is 0. The standard InChI is InChI=1S/C25H23N3O3/c1-3-31-25-27-22-10-6-9-21(24(29)30)23(22)28(25)15-17-11-13-18(14-12-17)20-8-5-4-7-19(20)16(2)26/h4-14,26H,3,15H2,1-2H3,(H,29,30). The van der Waals surface area contributed by atoms with E-state index in [0.717, 1.165) is 22.3 Å². The van der Waals surface area contributed by atoms with E-state index >= 15 is 0 Å². The first-order valence-corrected chi connectivity index (χ1v) is 10.1. The van der Waals surface area contributed by atoms with Gasteiger partial charge in [0.15, 0.2) is 0 Å². The smallest absolute Gasteiger partial charge is 0.337 e. The molecule has 4 rings (SSSR count). The van der Waals surface area contributed by atoms with Gasteiger partial charge >= 0.3 is 5.97 Å². The first-order chi connectivity index (χ1) is 15.0. The van der Waals surface area contributed by atoms with Crippen molar-refractivity contribution >= 4 is 22.7 Å². The van der Waals surface area contributed by atoms with E-state index in [1.54, 1.807) is 25.1 Å². The molecule has 0 saturated carbocycles. The molecule has 6 nitrogen and oxygen atoms in total. The molecule has 31 heavy (non-hydrogen) atoms. The summed E-state index contributed by atoms with van der Waals surface area (Å²) in [5.41, 5.74) is 5.79. The number of para-hydroxylation sites is 1. The van der Waals surface area contributed by atoms with Gasteiger partial charge in [0, 0.05) is 11.3 Å². The zero-order chi connectivity index (χ0) is 22.0. The van der Waals surface area contributed by atoms with Crippen molar-refractivity contribution in [2.45, 2.75) is 20.4 Å². The highest BCUT2D eigenvalue weighted by molar-refractivity contribution is 6.02. The molecule has 0 aliphatic carbocycles. The SMILES string of the molecule is CCOc1nc2cccc(C(=O)O)c2n1Cc1ccc(-c2ccccc2C(C)=N)cc1. The summed E-state index contributed by atoms with van der Waals surface area (Å²) in [6.45, 7) is 4.53. The molecule has 1 aromatic heterocycles. The summed E-state index contributed by atoms with van der Waals surface area (Å²) in [4.78, 5) is 16.3. The molecule has 2 N–H and O–H groups in total. The number of ether oxygens (including phenoxy) is 1. The van der Waals surface area contributed by atoms with E-state index in [1.165, 1.54) is 0 Å².